The highest BCUT2D eigenvalue weighted by atomic mass is 35.5. The number of halogens is 2. The SMILES string of the molecule is Cc1cccc2nc(C(=O)N3CCC4(CCNCC4)CC3)cn12.Cl.Cl. The lowest BCUT2D eigenvalue weighted by Crippen LogP contribution is -2.47. The molecule has 1 amide bonds. The van der Waals surface area contributed by atoms with E-state index >= 15 is 0 Å². The maximum absolute atomic E-state index is 12.8. The van der Waals surface area contributed by atoms with E-state index in [0.717, 1.165) is 50.4 Å². The molecule has 2 aromatic heterocycles. The first kappa shape index (κ1) is 20.0. The van der Waals surface area contributed by atoms with Gasteiger partial charge in [0.05, 0.1) is 0 Å². The minimum atomic E-state index is 0. The molecule has 0 unspecified atom stereocenters. The molecule has 0 aliphatic carbocycles. The molecule has 5 nitrogen and oxygen atoms in total. The second-order valence-electron chi connectivity index (χ2n) is 7.06. The molecule has 25 heavy (non-hydrogen) atoms. The molecule has 0 radical (unpaired) electrons. The highest BCUT2D eigenvalue weighted by molar-refractivity contribution is 5.93. The maximum Gasteiger partial charge on any atom is 0.274 e. The quantitative estimate of drug-likeness (QED) is 0.821. The number of nitrogens with one attached hydrogen (secondary N) is 1. The summed E-state index contributed by atoms with van der Waals surface area (Å²) in [5, 5.41) is 3.44. The third-order valence-electron chi connectivity index (χ3n) is 5.69. The minimum absolute atomic E-state index is 0. The molecule has 4 heterocycles. The number of hydrogen-bond donors (Lipinski definition) is 1. The summed E-state index contributed by atoms with van der Waals surface area (Å²) in [7, 11) is 0. The van der Waals surface area contributed by atoms with Crippen LogP contribution in [-0.2, 0) is 0 Å². The van der Waals surface area contributed by atoms with Crippen molar-refractivity contribution in [3.8, 4) is 0 Å². The van der Waals surface area contributed by atoms with Crippen molar-refractivity contribution >= 4 is 36.4 Å². The zero-order valence-corrected chi connectivity index (χ0v) is 16.2. The van der Waals surface area contributed by atoms with E-state index in [9.17, 15) is 4.79 Å². The summed E-state index contributed by atoms with van der Waals surface area (Å²) in [5.74, 6) is 0.0804. The number of pyridine rings is 1. The summed E-state index contributed by atoms with van der Waals surface area (Å²) in [6.45, 7) is 6.02. The van der Waals surface area contributed by atoms with Gasteiger partial charge >= 0.3 is 0 Å². The first-order valence-electron chi connectivity index (χ1n) is 8.62. The second-order valence-corrected chi connectivity index (χ2v) is 7.06. The van der Waals surface area contributed by atoms with E-state index in [1.165, 1.54) is 12.8 Å². The van der Waals surface area contributed by atoms with Crippen molar-refractivity contribution in [2.45, 2.75) is 32.6 Å². The van der Waals surface area contributed by atoms with Crippen molar-refractivity contribution in [2.24, 2.45) is 5.41 Å². The van der Waals surface area contributed by atoms with Crippen molar-refractivity contribution in [2.75, 3.05) is 26.2 Å². The van der Waals surface area contributed by atoms with Crippen LogP contribution < -0.4 is 5.32 Å². The van der Waals surface area contributed by atoms with Crippen LogP contribution in [0.2, 0.25) is 0 Å². The Morgan fingerprint density at radius 2 is 1.80 bits per heavy atom. The van der Waals surface area contributed by atoms with Gasteiger partial charge < -0.3 is 14.6 Å². The van der Waals surface area contributed by atoms with Gasteiger partial charge in [0.2, 0.25) is 0 Å². The Labute approximate surface area is 161 Å². The Balaban J connectivity index is 0.00000113. The van der Waals surface area contributed by atoms with Crippen LogP contribution in [0.3, 0.4) is 0 Å². The number of rotatable bonds is 1. The number of piperidine rings is 2. The number of nitrogens with zero attached hydrogens (tertiary/aromatic N) is 3. The number of aromatic nitrogens is 2. The average Bonchev–Trinajstić information content (AvgIpc) is 3.01. The Bertz CT molecular complexity index is 730. The third kappa shape index (κ3) is 3.78. The standard InChI is InChI=1S/C18H24N4O.2ClH/c1-14-3-2-4-16-20-15(13-22(14)16)17(23)21-11-7-18(8-12-21)5-9-19-10-6-18;;/h2-4,13,19H,5-12H2,1H3;2*1H. The lowest BCUT2D eigenvalue weighted by Gasteiger charge is -2.44. The molecule has 138 valence electrons. The number of amides is 1. The molecule has 1 spiro atoms. The van der Waals surface area contributed by atoms with Gasteiger partial charge in [-0.2, -0.15) is 0 Å². The van der Waals surface area contributed by atoms with Crippen LogP contribution in [0, 0.1) is 12.3 Å². The number of imidazole rings is 1. The molecule has 7 heteroatoms. The minimum Gasteiger partial charge on any atom is -0.337 e. The lowest BCUT2D eigenvalue weighted by molar-refractivity contribution is 0.0491. The number of aryl methyl sites for hydroxylation is 1. The van der Waals surface area contributed by atoms with Crippen LogP contribution in [0.1, 0.15) is 41.9 Å². The summed E-state index contributed by atoms with van der Waals surface area (Å²) in [6, 6.07) is 5.96. The van der Waals surface area contributed by atoms with E-state index in [1.54, 1.807) is 0 Å². The molecule has 2 aliphatic rings. The Kier molecular flexibility index (Phi) is 6.35. The lowest BCUT2D eigenvalue weighted by atomic mass is 9.71. The summed E-state index contributed by atoms with van der Waals surface area (Å²) in [5.41, 5.74) is 2.99. The third-order valence-corrected chi connectivity index (χ3v) is 5.69. The van der Waals surface area contributed by atoms with Gasteiger partial charge in [-0.05, 0) is 63.2 Å². The van der Waals surface area contributed by atoms with Gasteiger partial charge in [0, 0.05) is 25.0 Å². The normalized spacial score (nSPS) is 19.3. The summed E-state index contributed by atoms with van der Waals surface area (Å²) < 4.78 is 1.99. The molecule has 4 rings (SSSR count). The van der Waals surface area contributed by atoms with Gasteiger partial charge in [-0.25, -0.2) is 4.98 Å². The van der Waals surface area contributed by atoms with E-state index in [1.807, 2.05) is 40.6 Å². The van der Waals surface area contributed by atoms with E-state index < -0.39 is 0 Å². The number of carbonyl (C=O) groups is 1. The van der Waals surface area contributed by atoms with Crippen molar-refractivity contribution < 1.29 is 4.79 Å². The van der Waals surface area contributed by atoms with Crippen molar-refractivity contribution in [3.05, 3.63) is 35.8 Å². The van der Waals surface area contributed by atoms with Gasteiger partial charge in [-0.3, -0.25) is 4.79 Å². The average molecular weight is 385 g/mol. The largest absolute Gasteiger partial charge is 0.337 e. The van der Waals surface area contributed by atoms with Gasteiger partial charge in [0.25, 0.3) is 5.91 Å². The predicted octanol–water partition coefficient (Wildman–Crippen LogP) is 3.09. The van der Waals surface area contributed by atoms with Crippen molar-refractivity contribution in [1.82, 2.24) is 19.6 Å². The topological polar surface area (TPSA) is 49.6 Å². The molecular formula is C18H26Cl2N4O. The Hall–Kier alpha value is -1.30. The maximum atomic E-state index is 12.8. The Morgan fingerprint density at radius 1 is 1.12 bits per heavy atom. The zero-order valence-electron chi connectivity index (χ0n) is 14.5. The monoisotopic (exact) mass is 384 g/mol. The zero-order chi connectivity index (χ0) is 15.9. The van der Waals surface area contributed by atoms with Crippen LogP contribution in [0.15, 0.2) is 24.4 Å². The van der Waals surface area contributed by atoms with Crippen LogP contribution >= 0.6 is 24.8 Å². The van der Waals surface area contributed by atoms with Gasteiger partial charge in [0.1, 0.15) is 11.3 Å². The van der Waals surface area contributed by atoms with E-state index in [0.29, 0.717) is 11.1 Å². The molecule has 0 atom stereocenters. The molecule has 2 aliphatic heterocycles. The van der Waals surface area contributed by atoms with Crippen LogP contribution in [0.5, 0.6) is 0 Å². The van der Waals surface area contributed by atoms with Crippen molar-refractivity contribution in [3.63, 3.8) is 0 Å². The fourth-order valence-corrected chi connectivity index (χ4v) is 4.05. The fourth-order valence-electron chi connectivity index (χ4n) is 4.05. The van der Waals surface area contributed by atoms with Crippen LogP contribution in [0.25, 0.3) is 5.65 Å². The number of hydrogen-bond acceptors (Lipinski definition) is 3. The number of carbonyl (C=O) groups excluding carboxylic acids is 1. The molecule has 0 bridgehead atoms. The molecule has 0 aromatic carbocycles. The van der Waals surface area contributed by atoms with Crippen LogP contribution in [-0.4, -0.2) is 46.4 Å². The second kappa shape index (κ2) is 7.94. The van der Waals surface area contributed by atoms with Gasteiger partial charge in [-0.15, -0.1) is 24.8 Å². The molecule has 2 aromatic rings. The van der Waals surface area contributed by atoms with E-state index in [4.69, 9.17) is 0 Å². The Morgan fingerprint density at radius 3 is 2.44 bits per heavy atom. The first-order chi connectivity index (χ1) is 11.2. The molecule has 1 N–H and O–H groups in total. The predicted molar refractivity (Wildman–Crippen MR) is 104 cm³/mol. The summed E-state index contributed by atoms with van der Waals surface area (Å²) in [4.78, 5) is 19.3. The summed E-state index contributed by atoms with van der Waals surface area (Å²) >= 11 is 0. The van der Waals surface area contributed by atoms with Crippen molar-refractivity contribution in [1.29, 1.82) is 0 Å². The number of fused-ring (bicyclic) bond motifs is 1. The van der Waals surface area contributed by atoms with Gasteiger partial charge in [-0.1, -0.05) is 6.07 Å². The molecule has 2 fully saturated rings. The highest BCUT2D eigenvalue weighted by Crippen LogP contribution is 2.39. The molecule has 2 saturated heterocycles. The fraction of sp³-hybridized carbons (Fsp3) is 0.556. The molecule has 0 saturated carbocycles. The van der Waals surface area contributed by atoms with E-state index in [-0.39, 0.29) is 30.7 Å². The molecular weight excluding hydrogens is 359 g/mol. The first-order valence-corrected chi connectivity index (χ1v) is 8.62. The highest BCUT2D eigenvalue weighted by Gasteiger charge is 2.37. The van der Waals surface area contributed by atoms with Gasteiger partial charge in [0.15, 0.2) is 0 Å². The number of likely N-dealkylation sites (tertiary alicyclic amines) is 1. The van der Waals surface area contributed by atoms with E-state index in [2.05, 4.69) is 10.3 Å². The smallest absolute Gasteiger partial charge is 0.274 e. The summed E-state index contributed by atoms with van der Waals surface area (Å²) in [6.07, 6.45) is 6.65. The van der Waals surface area contributed by atoms with Crippen LogP contribution in [0.4, 0.5) is 0 Å².